The molecule has 0 radical (unpaired) electrons. The summed E-state index contributed by atoms with van der Waals surface area (Å²) in [5, 5.41) is 0. The Hall–Kier alpha value is -2.16. The highest BCUT2D eigenvalue weighted by atomic mass is 16.5. The average molecular weight is 419 g/mol. The van der Waals surface area contributed by atoms with Crippen molar-refractivity contribution in [2.24, 2.45) is 28.6 Å². The summed E-state index contributed by atoms with van der Waals surface area (Å²) in [6, 6.07) is 9.78. The summed E-state index contributed by atoms with van der Waals surface area (Å²) in [4.78, 5) is 24.8. The number of fused-ring (bicyclic) bond motifs is 5. The number of rotatable bonds is 3. The lowest BCUT2D eigenvalue weighted by atomic mass is 9.47. The standard InChI is InChI=1S/C28H34O3/c1-18(29)31-21-13-15-27(2)20(17-21)9-10-22-23-11-12-25(28(23,3)16-14-24(22)27)26(30)19-7-5-4-6-8-19/h4-9,12,21-24H,10-11,13-17H2,1-3H3/t21-,22-,23-,24-,27+,28+/m1/s1. The van der Waals surface area contributed by atoms with Crippen LogP contribution in [0.25, 0.3) is 0 Å². The van der Waals surface area contributed by atoms with E-state index in [4.69, 9.17) is 4.74 Å². The van der Waals surface area contributed by atoms with E-state index in [2.05, 4.69) is 26.0 Å². The Bertz CT molecular complexity index is 958. The summed E-state index contributed by atoms with van der Waals surface area (Å²) < 4.78 is 5.56. The lowest BCUT2D eigenvalue weighted by Gasteiger charge is -2.57. The Morgan fingerprint density at radius 2 is 1.68 bits per heavy atom. The third kappa shape index (κ3) is 3.23. The zero-order valence-corrected chi connectivity index (χ0v) is 19.0. The molecule has 3 heteroatoms. The molecule has 5 rings (SSSR count). The topological polar surface area (TPSA) is 43.4 Å². The number of ether oxygens (including phenoxy) is 1. The van der Waals surface area contributed by atoms with Gasteiger partial charge in [-0.15, -0.1) is 0 Å². The van der Waals surface area contributed by atoms with Crippen LogP contribution in [0.2, 0.25) is 0 Å². The summed E-state index contributed by atoms with van der Waals surface area (Å²) in [6.45, 7) is 6.33. The minimum atomic E-state index is -0.163. The maximum atomic E-state index is 13.4. The molecule has 0 aliphatic heterocycles. The van der Waals surface area contributed by atoms with Crippen LogP contribution in [0.3, 0.4) is 0 Å². The predicted octanol–water partition coefficient (Wildman–Crippen LogP) is 6.30. The number of benzene rings is 1. The number of Topliss-reactive ketones (excluding diaryl/α,β-unsaturated/α-hetero) is 1. The van der Waals surface area contributed by atoms with Gasteiger partial charge in [0.05, 0.1) is 0 Å². The molecule has 4 aliphatic rings. The molecule has 2 saturated carbocycles. The van der Waals surface area contributed by atoms with Crippen LogP contribution in [-0.2, 0) is 9.53 Å². The van der Waals surface area contributed by atoms with Crippen LogP contribution in [0.1, 0.15) is 76.1 Å². The van der Waals surface area contributed by atoms with Crippen LogP contribution < -0.4 is 0 Å². The summed E-state index contributed by atoms with van der Waals surface area (Å²) in [5.41, 5.74) is 3.60. The van der Waals surface area contributed by atoms with E-state index >= 15 is 0 Å². The van der Waals surface area contributed by atoms with Crippen molar-refractivity contribution in [3.8, 4) is 0 Å². The predicted molar refractivity (Wildman–Crippen MR) is 121 cm³/mol. The molecule has 1 aromatic rings. The first-order valence-corrected chi connectivity index (χ1v) is 12.0. The molecule has 1 aromatic carbocycles. The van der Waals surface area contributed by atoms with Crippen molar-refractivity contribution in [2.75, 3.05) is 0 Å². The van der Waals surface area contributed by atoms with Gasteiger partial charge in [-0.1, -0.05) is 61.9 Å². The molecule has 2 fully saturated rings. The van der Waals surface area contributed by atoms with Gasteiger partial charge in [-0.2, -0.15) is 0 Å². The van der Waals surface area contributed by atoms with E-state index < -0.39 is 0 Å². The third-order valence-corrected chi connectivity index (χ3v) is 9.25. The Kier molecular flexibility index (Phi) is 4.99. The van der Waals surface area contributed by atoms with E-state index in [-0.39, 0.29) is 28.7 Å². The summed E-state index contributed by atoms with van der Waals surface area (Å²) in [7, 11) is 0. The van der Waals surface area contributed by atoms with E-state index in [1.54, 1.807) is 0 Å². The number of esters is 1. The molecule has 0 N–H and O–H groups in total. The highest BCUT2D eigenvalue weighted by Gasteiger charge is 2.57. The fraction of sp³-hybridized carbons (Fsp3) is 0.571. The van der Waals surface area contributed by atoms with Gasteiger partial charge in [0.1, 0.15) is 6.10 Å². The molecule has 4 aliphatic carbocycles. The molecule has 0 saturated heterocycles. The highest BCUT2D eigenvalue weighted by molar-refractivity contribution is 6.09. The monoisotopic (exact) mass is 418 g/mol. The number of hydrogen-bond donors (Lipinski definition) is 0. The van der Waals surface area contributed by atoms with Crippen LogP contribution in [-0.4, -0.2) is 17.9 Å². The van der Waals surface area contributed by atoms with Gasteiger partial charge >= 0.3 is 5.97 Å². The Balaban J connectivity index is 1.39. The lowest BCUT2D eigenvalue weighted by Crippen LogP contribution is -2.50. The third-order valence-electron chi connectivity index (χ3n) is 9.25. The fourth-order valence-corrected chi connectivity index (χ4v) is 7.63. The van der Waals surface area contributed by atoms with Crippen LogP contribution in [0.5, 0.6) is 0 Å². The average Bonchev–Trinajstić information content (AvgIpc) is 3.11. The van der Waals surface area contributed by atoms with E-state index in [1.165, 1.54) is 18.9 Å². The Labute approximate surface area is 185 Å². The molecule has 0 spiro atoms. The van der Waals surface area contributed by atoms with Crippen molar-refractivity contribution >= 4 is 11.8 Å². The molecule has 6 atom stereocenters. The lowest BCUT2D eigenvalue weighted by molar-refractivity contribution is -0.148. The van der Waals surface area contributed by atoms with Gasteiger partial charge in [-0.3, -0.25) is 9.59 Å². The summed E-state index contributed by atoms with van der Waals surface area (Å²) >= 11 is 0. The first-order chi connectivity index (χ1) is 14.8. The second-order valence-corrected chi connectivity index (χ2v) is 10.7. The second-order valence-electron chi connectivity index (χ2n) is 10.7. The highest BCUT2D eigenvalue weighted by Crippen LogP contribution is 2.65. The smallest absolute Gasteiger partial charge is 0.302 e. The molecule has 0 unspecified atom stereocenters. The largest absolute Gasteiger partial charge is 0.462 e. The number of carbonyl (C=O) groups is 2. The molecule has 164 valence electrons. The quantitative estimate of drug-likeness (QED) is 0.329. The maximum Gasteiger partial charge on any atom is 0.302 e. The van der Waals surface area contributed by atoms with E-state index in [1.807, 2.05) is 30.3 Å². The maximum absolute atomic E-state index is 13.4. The zero-order chi connectivity index (χ0) is 21.8. The zero-order valence-electron chi connectivity index (χ0n) is 19.0. The van der Waals surface area contributed by atoms with Crippen LogP contribution in [0.4, 0.5) is 0 Å². The molecular formula is C28H34O3. The van der Waals surface area contributed by atoms with E-state index in [0.717, 1.165) is 49.7 Å². The van der Waals surface area contributed by atoms with Gasteiger partial charge in [0.2, 0.25) is 0 Å². The Morgan fingerprint density at radius 1 is 0.935 bits per heavy atom. The minimum Gasteiger partial charge on any atom is -0.462 e. The molecule has 0 aromatic heterocycles. The SMILES string of the molecule is CC(=O)O[C@@H]1CC[C@@]2(C)C(=CC[C@H]3[C@H]2CC[C@]2(C)C(C(=O)c4ccccc4)=CC[C@H]32)C1. The minimum absolute atomic E-state index is 0.00919. The molecule has 0 bridgehead atoms. The van der Waals surface area contributed by atoms with E-state index in [0.29, 0.717) is 17.8 Å². The normalized spacial score (nSPS) is 38.8. The van der Waals surface area contributed by atoms with Crippen molar-refractivity contribution in [3.63, 3.8) is 0 Å². The first-order valence-electron chi connectivity index (χ1n) is 12.0. The van der Waals surface area contributed by atoms with Gasteiger partial charge in [-0.25, -0.2) is 0 Å². The van der Waals surface area contributed by atoms with Gasteiger partial charge in [0.25, 0.3) is 0 Å². The molecule has 3 nitrogen and oxygen atoms in total. The number of hydrogen-bond acceptors (Lipinski definition) is 3. The first kappa shape index (κ1) is 20.7. The second kappa shape index (κ2) is 7.46. The molecule has 0 heterocycles. The summed E-state index contributed by atoms with van der Waals surface area (Å²) in [6.07, 6.45) is 12.2. The van der Waals surface area contributed by atoms with Crippen molar-refractivity contribution in [1.82, 2.24) is 0 Å². The molecule has 31 heavy (non-hydrogen) atoms. The number of ketones is 1. The summed E-state index contributed by atoms with van der Waals surface area (Å²) in [5.74, 6) is 1.92. The van der Waals surface area contributed by atoms with Crippen molar-refractivity contribution in [1.29, 1.82) is 0 Å². The van der Waals surface area contributed by atoms with Crippen LogP contribution in [0.15, 0.2) is 53.6 Å². The Morgan fingerprint density at radius 3 is 2.42 bits per heavy atom. The van der Waals surface area contributed by atoms with Crippen molar-refractivity contribution in [2.45, 2.75) is 71.8 Å². The number of carbonyl (C=O) groups excluding carboxylic acids is 2. The molecular weight excluding hydrogens is 384 g/mol. The van der Waals surface area contributed by atoms with Gasteiger partial charge < -0.3 is 4.74 Å². The van der Waals surface area contributed by atoms with Gasteiger partial charge in [0, 0.05) is 24.5 Å². The molecule has 0 amide bonds. The van der Waals surface area contributed by atoms with E-state index in [9.17, 15) is 9.59 Å². The van der Waals surface area contributed by atoms with Crippen molar-refractivity contribution in [3.05, 3.63) is 59.2 Å². The van der Waals surface area contributed by atoms with Gasteiger partial charge in [-0.05, 0) is 67.1 Å². The van der Waals surface area contributed by atoms with Crippen LogP contribution in [0, 0.1) is 28.6 Å². The van der Waals surface area contributed by atoms with Gasteiger partial charge in [0.15, 0.2) is 5.78 Å². The fourth-order valence-electron chi connectivity index (χ4n) is 7.63. The number of allylic oxidation sites excluding steroid dienone is 3. The van der Waals surface area contributed by atoms with Crippen molar-refractivity contribution < 1.29 is 14.3 Å². The van der Waals surface area contributed by atoms with Crippen LogP contribution >= 0.6 is 0 Å².